The lowest BCUT2D eigenvalue weighted by Gasteiger charge is -2.19. The van der Waals surface area contributed by atoms with E-state index in [-0.39, 0.29) is 5.78 Å². The Morgan fingerprint density at radius 2 is 2.00 bits per heavy atom. The van der Waals surface area contributed by atoms with Gasteiger partial charge in [0.05, 0.1) is 11.2 Å². The summed E-state index contributed by atoms with van der Waals surface area (Å²) >= 11 is 0. The van der Waals surface area contributed by atoms with Gasteiger partial charge in [-0.2, -0.15) is 0 Å². The molecule has 0 fully saturated rings. The van der Waals surface area contributed by atoms with Gasteiger partial charge in [0.2, 0.25) is 0 Å². The van der Waals surface area contributed by atoms with E-state index in [9.17, 15) is 4.79 Å². The lowest BCUT2D eigenvalue weighted by atomic mass is 9.89. The Morgan fingerprint density at radius 3 is 2.79 bits per heavy atom. The maximum Gasteiger partial charge on any atom is 0.192 e. The molecule has 0 saturated heterocycles. The zero-order valence-corrected chi connectivity index (χ0v) is 11.2. The summed E-state index contributed by atoms with van der Waals surface area (Å²) in [5, 5.41) is 1.03. The second kappa shape index (κ2) is 4.50. The zero-order chi connectivity index (χ0) is 13.4. The minimum absolute atomic E-state index is 0.119. The molecule has 1 aliphatic carbocycles. The molecule has 3 nitrogen and oxygen atoms in total. The molecule has 0 aliphatic heterocycles. The Morgan fingerprint density at radius 1 is 1.21 bits per heavy atom. The zero-order valence-electron chi connectivity index (χ0n) is 11.2. The van der Waals surface area contributed by atoms with Crippen molar-refractivity contribution in [2.24, 2.45) is 0 Å². The molecule has 1 aromatic carbocycles. The van der Waals surface area contributed by atoms with Gasteiger partial charge >= 0.3 is 0 Å². The van der Waals surface area contributed by atoms with Crippen molar-refractivity contribution in [2.45, 2.75) is 12.8 Å². The van der Waals surface area contributed by atoms with E-state index in [1.807, 2.05) is 55.5 Å². The van der Waals surface area contributed by atoms with Crippen LogP contribution in [0.3, 0.4) is 0 Å². The van der Waals surface area contributed by atoms with Crippen LogP contribution in [0.4, 0.5) is 0 Å². The molecular weight excluding hydrogens is 236 g/mol. The van der Waals surface area contributed by atoms with Gasteiger partial charge in [0.1, 0.15) is 0 Å². The number of nitrogens with zero attached hydrogens (tertiary/aromatic N) is 2. The molecule has 0 spiro atoms. The molecule has 2 aromatic rings. The first kappa shape index (κ1) is 11.9. The van der Waals surface area contributed by atoms with Gasteiger partial charge in [-0.1, -0.05) is 18.2 Å². The molecule has 19 heavy (non-hydrogen) atoms. The number of carbonyl (C=O) groups is 1. The summed E-state index contributed by atoms with van der Waals surface area (Å²) < 4.78 is 0. The smallest absolute Gasteiger partial charge is 0.192 e. The number of hydrogen-bond donors (Lipinski definition) is 0. The summed E-state index contributed by atoms with van der Waals surface area (Å²) in [7, 11) is 3.88. The fourth-order valence-corrected chi connectivity index (χ4v) is 2.52. The Labute approximate surface area is 112 Å². The molecule has 1 aliphatic rings. The van der Waals surface area contributed by atoms with Crippen LogP contribution in [0.1, 0.15) is 22.5 Å². The van der Waals surface area contributed by atoms with E-state index in [0.29, 0.717) is 0 Å². The van der Waals surface area contributed by atoms with Gasteiger partial charge in [-0.05, 0) is 25.0 Å². The van der Waals surface area contributed by atoms with Crippen molar-refractivity contribution in [1.29, 1.82) is 0 Å². The number of aryl methyl sites for hydroxylation is 1. The molecule has 1 heterocycles. The fraction of sp³-hybridized carbons (Fsp3) is 0.250. The Bertz CT molecular complexity index is 686. The third-order valence-electron chi connectivity index (χ3n) is 3.38. The number of carbonyl (C=O) groups excluding carboxylic acids is 1. The highest BCUT2D eigenvalue weighted by atomic mass is 16.1. The van der Waals surface area contributed by atoms with E-state index in [0.717, 1.165) is 40.6 Å². The second-order valence-electron chi connectivity index (χ2n) is 5.12. The molecule has 0 radical (unpaired) electrons. The number of fused-ring (bicyclic) bond motifs is 2. The van der Waals surface area contributed by atoms with Crippen LogP contribution >= 0.6 is 0 Å². The Balaban J connectivity index is 2.13. The summed E-state index contributed by atoms with van der Waals surface area (Å²) in [5.41, 5.74) is 3.53. The summed E-state index contributed by atoms with van der Waals surface area (Å²) in [6.45, 7) is 0. The van der Waals surface area contributed by atoms with Crippen LogP contribution in [0.15, 0.2) is 42.1 Å². The number of benzene rings is 1. The van der Waals surface area contributed by atoms with Crippen molar-refractivity contribution >= 4 is 16.7 Å². The average molecular weight is 252 g/mol. The van der Waals surface area contributed by atoms with Gasteiger partial charge in [0.25, 0.3) is 0 Å². The normalized spacial score (nSPS) is 16.7. The van der Waals surface area contributed by atoms with Crippen molar-refractivity contribution in [1.82, 2.24) is 9.88 Å². The lowest BCUT2D eigenvalue weighted by Crippen LogP contribution is -2.18. The summed E-state index contributed by atoms with van der Waals surface area (Å²) in [6, 6.07) is 9.91. The van der Waals surface area contributed by atoms with Crippen molar-refractivity contribution in [3.63, 3.8) is 0 Å². The molecule has 0 N–H and O–H groups in total. The minimum atomic E-state index is 0.119. The van der Waals surface area contributed by atoms with E-state index in [1.165, 1.54) is 0 Å². The van der Waals surface area contributed by atoms with E-state index >= 15 is 0 Å². The molecule has 0 unspecified atom stereocenters. The molecule has 96 valence electrons. The van der Waals surface area contributed by atoms with Crippen LogP contribution in [0.25, 0.3) is 10.9 Å². The second-order valence-corrected chi connectivity index (χ2v) is 5.12. The minimum Gasteiger partial charge on any atom is -0.383 e. The summed E-state index contributed by atoms with van der Waals surface area (Å²) in [5.74, 6) is 0.119. The van der Waals surface area contributed by atoms with Crippen LogP contribution < -0.4 is 0 Å². The first-order chi connectivity index (χ1) is 9.15. The maximum atomic E-state index is 12.5. The van der Waals surface area contributed by atoms with Crippen LogP contribution in [0.5, 0.6) is 0 Å². The largest absolute Gasteiger partial charge is 0.383 e. The number of rotatable bonds is 1. The van der Waals surface area contributed by atoms with Gasteiger partial charge in [-0.25, -0.2) is 0 Å². The number of Topliss-reactive ketones (excluding diaryl/α,β-unsaturated/α-hetero) is 1. The van der Waals surface area contributed by atoms with Gasteiger partial charge in [-0.3, -0.25) is 9.78 Å². The standard InChI is InChI=1S/C16H16N2O/c1-18(2)10-12-7-8-15-13(16(12)19)9-11-5-3-4-6-14(11)17-15/h3-6,9-10H,7-8H2,1-2H3. The fourth-order valence-electron chi connectivity index (χ4n) is 2.52. The lowest BCUT2D eigenvalue weighted by molar-refractivity contribution is 0.102. The third-order valence-corrected chi connectivity index (χ3v) is 3.38. The van der Waals surface area contributed by atoms with Crippen molar-refractivity contribution in [3.05, 3.63) is 53.4 Å². The first-order valence-corrected chi connectivity index (χ1v) is 6.45. The van der Waals surface area contributed by atoms with Crippen LogP contribution in [-0.4, -0.2) is 29.8 Å². The van der Waals surface area contributed by atoms with Crippen LogP contribution in [0.2, 0.25) is 0 Å². The van der Waals surface area contributed by atoms with E-state index in [4.69, 9.17) is 0 Å². The van der Waals surface area contributed by atoms with E-state index < -0.39 is 0 Å². The highest BCUT2D eigenvalue weighted by Gasteiger charge is 2.23. The highest BCUT2D eigenvalue weighted by Crippen LogP contribution is 2.27. The predicted molar refractivity (Wildman–Crippen MR) is 76.2 cm³/mol. The summed E-state index contributed by atoms with van der Waals surface area (Å²) in [6.07, 6.45) is 3.53. The van der Waals surface area contributed by atoms with Crippen LogP contribution in [-0.2, 0) is 6.42 Å². The topological polar surface area (TPSA) is 33.2 Å². The Kier molecular flexibility index (Phi) is 2.82. The Hall–Kier alpha value is -2.16. The number of ketones is 1. The van der Waals surface area contributed by atoms with Crippen molar-refractivity contribution in [3.8, 4) is 0 Å². The molecule has 3 rings (SSSR count). The molecule has 0 atom stereocenters. The van der Waals surface area contributed by atoms with Gasteiger partial charge in [0.15, 0.2) is 5.78 Å². The number of pyridine rings is 1. The highest BCUT2D eigenvalue weighted by molar-refractivity contribution is 6.11. The number of aromatic nitrogens is 1. The van der Waals surface area contributed by atoms with Crippen molar-refractivity contribution < 1.29 is 4.79 Å². The van der Waals surface area contributed by atoms with Crippen LogP contribution in [0, 0.1) is 0 Å². The van der Waals surface area contributed by atoms with E-state index in [2.05, 4.69) is 4.98 Å². The van der Waals surface area contributed by atoms with E-state index in [1.54, 1.807) is 0 Å². The molecular formula is C16H16N2O. The predicted octanol–water partition coefficient (Wildman–Crippen LogP) is 2.81. The third kappa shape index (κ3) is 2.12. The summed E-state index contributed by atoms with van der Waals surface area (Å²) in [4.78, 5) is 19.0. The van der Waals surface area contributed by atoms with Gasteiger partial charge in [0, 0.05) is 36.8 Å². The average Bonchev–Trinajstić information content (AvgIpc) is 2.40. The molecule has 3 heteroatoms. The van der Waals surface area contributed by atoms with Gasteiger partial charge in [-0.15, -0.1) is 0 Å². The molecule has 0 amide bonds. The molecule has 0 saturated carbocycles. The molecule has 0 bridgehead atoms. The monoisotopic (exact) mass is 252 g/mol. The number of para-hydroxylation sites is 1. The van der Waals surface area contributed by atoms with Gasteiger partial charge < -0.3 is 4.90 Å². The first-order valence-electron chi connectivity index (χ1n) is 6.45. The number of allylic oxidation sites excluding steroid dienone is 1. The molecule has 1 aromatic heterocycles. The SMILES string of the molecule is CN(C)C=C1CCc2nc3ccccc3cc2C1=O. The maximum absolute atomic E-state index is 12.5. The number of hydrogen-bond acceptors (Lipinski definition) is 3. The van der Waals surface area contributed by atoms with Crippen molar-refractivity contribution in [2.75, 3.05) is 14.1 Å². The quantitative estimate of drug-likeness (QED) is 0.732.